The number of rotatable bonds is 6. The number of amides is 2. The maximum atomic E-state index is 13.6. The lowest BCUT2D eigenvalue weighted by molar-refractivity contribution is -0.136. The average Bonchev–Trinajstić information content (AvgIpc) is 3.52. The van der Waals surface area contributed by atoms with E-state index in [0.717, 1.165) is 11.6 Å². The molecule has 0 unspecified atom stereocenters. The van der Waals surface area contributed by atoms with E-state index in [1.54, 1.807) is 35.7 Å². The Labute approximate surface area is 190 Å². The molecule has 0 bridgehead atoms. The monoisotopic (exact) mass is 470 g/mol. The van der Waals surface area contributed by atoms with Crippen LogP contribution >= 0.6 is 11.3 Å². The fourth-order valence-electron chi connectivity index (χ4n) is 3.09. The zero-order valence-electron chi connectivity index (χ0n) is 17.0. The van der Waals surface area contributed by atoms with Gasteiger partial charge in [0.25, 0.3) is 11.8 Å². The summed E-state index contributed by atoms with van der Waals surface area (Å²) < 4.78 is 42.1. The predicted octanol–water partition coefficient (Wildman–Crippen LogP) is 5.13. The minimum absolute atomic E-state index is 0.188. The Bertz CT molecular complexity index is 1250. The Balaban J connectivity index is 1.46. The largest absolute Gasteiger partial charge is 0.418 e. The third-order valence-corrected chi connectivity index (χ3v) is 5.61. The van der Waals surface area contributed by atoms with Gasteiger partial charge in [0, 0.05) is 24.5 Å². The first-order valence-electron chi connectivity index (χ1n) is 9.74. The number of nitrogens with one attached hydrogen (secondary N) is 2. The van der Waals surface area contributed by atoms with Gasteiger partial charge in [-0.1, -0.05) is 18.2 Å². The Morgan fingerprint density at radius 3 is 2.42 bits per heavy atom. The lowest BCUT2D eigenvalue weighted by atomic mass is 10.1. The average molecular weight is 470 g/mol. The molecule has 0 aliphatic rings. The molecule has 2 heterocycles. The zero-order chi connectivity index (χ0) is 23.4. The lowest BCUT2D eigenvalue weighted by Crippen LogP contribution is -2.22. The molecule has 2 amide bonds. The molecule has 0 aliphatic heterocycles. The first-order valence-corrected chi connectivity index (χ1v) is 10.6. The van der Waals surface area contributed by atoms with Gasteiger partial charge in [-0.3, -0.25) is 9.59 Å². The van der Waals surface area contributed by atoms with Gasteiger partial charge in [-0.05, 0) is 53.4 Å². The van der Waals surface area contributed by atoms with Crippen molar-refractivity contribution in [3.8, 4) is 5.69 Å². The number of nitrogens with zero attached hydrogens (tertiary/aromatic N) is 2. The predicted molar refractivity (Wildman–Crippen MR) is 118 cm³/mol. The molecular weight excluding hydrogens is 453 g/mol. The summed E-state index contributed by atoms with van der Waals surface area (Å²) in [4.78, 5) is 25.2. The van der Waals surface area contributed by atoms with Crippen LogP contribution in [-0.4, -0.2) is 21.6 Å². The first-order chi connectivity index (χ1) is 15.8. The third kappa shape index (κ3) is 5.29. The summed E-state index contributed by atoms with van der Waals surface area (Å²) in [5.41, 5.74) is -0.171. The van der Waals surface area contributed by atoms with Crippen LogP contribution in [0.25, 0.3) is 5.69 Å². The van der Waals surface area contributed by atoms with E-state index in [4.69, 9.17) is 0 Å². The van der Waals surface area contributed by atoms with Crippen molar-refractivity contribution in [1.82, 2.24) is 15.1 Å². The van der Waals surface area contributed by atoms with Gasteiger partial charge in [-0.2, -0.15) is 18.3 Å². The maximum absolute atomic E-state index is 13.6. The van der Waals surface area contributed by atoms with Gasteiger partial charge in [-0.15, -0.1) is 11.3 Å². The quantitative estimate of drug-likeness (QED) is 0.410. The molecule has 0 spiro atoms. The minimum Gasteiger partial charge on any atom is -0.347 e. The molecule has 0 fully saturated rings. The van der Waals surface area contributed by atoms with Crippen LogP contribution in [0.3, 0.4) is 0 Å². The van der Waals surface area contributed by atoms with E-state index in [9.17, 15) is 22.8 Å². The van der Waals surface area contributed by atoms with E-state index in [-0.39, 0.29) is 29.4 Å². The fraction of sp³-hybridized carbons (Fsp3) is 0.0870. The highest BCUT2D eigenvalue weighted by atomic mass is 32.1. The smallest absolute Gasteiger partial charge is 0.347 e. The van der Waals surface area contributed by atoms with Gasteiger partial charge < -0.3 is 10.6 Å². The third-order valence-electron chi connectivity index (χ3n) is 4.74. The summed E-state index contributed by atoms with van der Waals surface area (Å²) in [6.07, 6.45) is -1.69. The van der Waals surface area contributed by atoms with Crippen molar-refractivity contribution in [2.75, 3.05) is 5.32 Å². The molecule has 0 saturated carbocycles. The van der Waals surface area contributed by atoms with Gasteiger partial charge in [0.2, 0.25) is 0 Å². The molecule has 2 N–H and O–H groups in total. The molecule has 4 aromatic rings. The van der Waals surface area contributed by atoms with Crippen molar-refractivity contribution in [3.63, 3.8) is 0 Å². The number of thiophene rings is 1. The van der Waals surface area contributed by atoms with Crippen LogP contribution in [0, 0.1) is 0 Å². The van der Waals surface area contributed by atoms with Crippen LogP contribution in [-0.2, 0) is 12.7 Å². The molecule has 0 aliphatic carbocycles. The maximum Gasteiger partial charge on any atom is 0.418 e. The Morgan fingerprint density at radius 1 is 1.00 bits per heavy atom. The highest BCUT2D eigenvalue weighted by molar-refractivity contribution is 7.12. The minimum atomic E-state index is -4.67. The van der Waals surface area contributed by atoms with Gasteiger partial charge in [0.1, 0.15) is 0 Å². The molecule has 0 atom stereocenters. The van der Waals surface area contributed by atoms with Crippen LogP contribution in [0.5, 0.6) is 0 Å². The lowest BCUT2D eigenvalue weighted by Gasteiger charge is -2.15. The molecule has 6 nitrogen and oxygen atoms in total. The topological polar surface area (TPSA) is 76.0 Å². The zero-order valence-corrected chi connectivity index (χ0v) is 17.8. The molecular formula is C23H17F3N4O2S. The van der Waals surface area contributed by atoms with Crippen LogP contribution in [0.15, 0.2) is 78.4 Å². The first kappa shape index (κ1) is 22.3. The molecule has 2 aromatic carbocycles. The SMILES string of the molecule is O=C(Nc1ccc(-n2cccn2)cc1C(F)(F)F)c1ccc(CNC(=O)c2cccs2)cc1. The Kier molecular flexibility index (Phi) is 6.27. The Morgan fingerprint density at radius 2 is 1.79 bits per heavy atom. The van der Waals surface area contributed by atoms with Crippen LogP contribution in [0.2, 0.25) is 0 Å². The van der Waals surface area contributed by atoms with E-state index in [2.05, 4.69) is 15.7 Å². The van der Waals surface area contributed by atoms with Crippen molar-refractivity contribution in [2.24, 2.45) is 0 Å². The fourth-order valence-corrected chi connectivity index (χ4v) is 3.73. The second-order valence-electron chi connectivity index (χ2n) is 6.99. The number of aromatic nitrogens is 2. The molecule has 168 valence electrons. The molecule has 10 heteroatoms. The number of hydrogen-bond acceptors (Lipinski definition) is 4. The van der Waals surface area contributed by atoms with Crippen molar-refractivity contribution in [2.45, 2.75) is 12.7 Å². The van der Waals surface area contributed by atoms with Crippen molar-refractivity contribution < 1.29 is 22.8 Å². The van der Waals surface area contributed by atoms with Crippen LogP contribution in [0.1, 0.15) is 31.2 Å². The number of anilines is 1. The number of alkyl halides is 3. The van der Waals surface area contributed by atoms with Gasteiger partial charge in [0.15, 0.2) is 0 Å². The summed E-state index contributed by atoms with van der Waals surface area (Å²) >= 11 is 1.33. The normalized spacial score (nSPS) is 11.2. The van der Waals surface area contributed by atoms with Gasteiger partial charge in [-0.25, -0.2) is 4.68 Å². The molecule has 0 radical (unpaired) electrons. The van der Waals surface area contributed by atoms with Gasteiger partial charge >= 0.3 is 6.18 Å². The van der Waals surface area contributed by atoms with Crippen LogP contribution < -0.4 is 10.6 Å². The molecule has 33 heavy (non-hydrogen) atoms. The van der Waals surface area contributed by atoms with Crippen LogP contribution in [0.4, 0.5) is 18.9 Å². The molecule has 2 aromatic heterocycles. The van der Waals surface area contributed by atoms with Crippen molar-refractivity contribution in [3.05, 3.63) is 100 Å². The number of halogens is 3. The molecule has 4 rings (SSSR count). The highest BCUT2D eigenvalue weighted by Crippen LogP contribution is 2.36. The molecule has 0 saturated heterocycles. The van der Waals surface area contributed by atoms with E-state index in [1.165, 1.54) is 52.7 Å². The number of benzene rings is 2. The summed E-state index contributed by atoms with van der Waals surface area (Å²) in [7, 11) is 0. The second kappa shape index (κ2) is 9.29. The van der Waals surface area contributed by atoms with E-state index >= 15 is 0 Å². The van der Waals surface area contributed by atoms with Crippen molar-refractivity contribution >= 4 is 28.8 Å². The summed E-state index contributed by atoms with van der Waals surface area (Å²) in [5, 5.41) is 10.8. The second-order valence-corrected chi connectivity index (χ2v) is 7.94. The summed E-state index contributed by atoms with van der Waals surface area (Å²) in [6, 6.07) is 14.9. The standard InChI is InChI=1S/C23H17F3N4O2S/c24-23(25,26)18-13-17(30-11-2-10-28-30)8-9-19(18)29-21(31)16-6-4-15(5-7-16)14-27-22(32)20-3-1-12-33-20/h1-13H,14H2,(H,27,32)(H,29,31). The summed E-state index contributed by atoms with van der Waals surface area (Å²) in [5.74, 6) is -0.883. The van der Waals surface area contributed by atoms with E-state index in [1.807, 2.05) is 0 Å². The van der Waals surface area contributed by atoms with E-state index in [0.29, 0.717) is 4.88 Å². The van der Waals surface area contributed by atoms with E-state index < -0.39 is 17.6 Å². The van der Waals surface area contributed by atoms with Crippen molar-refractivity contribution in [1.29, 1.82) is 0 Å². The van der Waals surface area contributed by atoms with Gasteiger partial charge in [0.05, 0.1) is 21.8 Å². The number of carbonyl (C=O) groups is 2. The summed E-state index contributed by atoms with van der Waals surface area (Å²) in [6.45, 7) is 0.256. The Hall–Kier alpha value is -3.92. The highest BCUT2D eigenvalue weighted by Gasteiger charge is 2.34. The number of carbonyl (C=O) groups excluding carboxylic acids is 2. The number of hydrogen-bond donors (Lipinski definition) is 2.